The third kappa shape index (κ3) is 5.67. The fourth-order valence-electron chi connectivity index (χ4n) is 1.80. The largest absolute Gasteiger partial charge is 0.411 e. The average Bonchev–Trinajstić information content (AvgIpc) is 2.57. The maximum Gasteiger partial charge on any atom is 0.411 e. The smallest absolute Gasteiger partial charge is 0.377 e. The van der Waals surface area contributed by atoms with Crippen LogP contribution >= 0.6 is 0 Å². The molecule has 0 atom stereocenters. The lowest BCUT2D eigenvalue weighted by Gasteiger charge is -2.23. The van der Waals surface area contributed by atoms with Crippen LogP contribution in [0, 0.1) is 0 Å². The molecule has 6 heteroatoms. The van der Waals surface area contributed by atoms with Crippen LogP contribution in [0.1, 0.15) is 25.7 Å². The summed E-state index contributed by atoms with van der Waals surface area (Å²) in [6.45, 7) is -0.697. The molecular formula is C10H18F3NO2. The van der Waals surface area contributed by atoms with Gasteiger partial charge in [0.1, 0.15) is 6.61 Å². The molecule has 16 heavy (non-hydrogen) atoms. The van der Waals surface area contributed by atoms with Crippen molar-refractivity contribution < 1.29 is 22.6 Å². The van der Waals surface area contributed by atoms with E-state index in [4.69, 9.17) is 10.5 Å². The Morgan fingerprint density at radius 2 is 1.62 bits per heavy atom. The number of nitrogens with two attached hydrogens (primary N) is 1. The van der Waals surface area contributed by atoms with Gasteiger partial charge in [-0.05, 0) is 12.8 Å². The van der Waals surface area contributed by atoms with Crippen LogP contribution < -0.4 is 5.73 Å². The molecule has 1 saturated carbocycles. The lowest BCUT2D eigenvalue weighted by atomic mass is 10.0. The Morgan fingerprint density at radius 3 is 2.19 bits per heavy atom. The first-order valence-corrected chi connectivity index (χ1v) is 5.42. The molecule has 0 aromatic heterocycles. The van der Waals surface area contributed by atoms with E-state index in [-0.39, 0.29) is 18.8 Å². The summed E-state index contributed by atoms with van der Waals surface area (Å²) in [5.74, 6) is 0. The van der Waals surface area contributed by atoms with E-state index in [1.165, 1.54) is 0 Å². The number of halogens is 3. The van der Waals surface area contributed by atoms with Crippen molar-refractivity contribution >= 4 is 0 Å². The fraction of sp³-hybridized carbons (Fsp3) is 1.00. The Labute approximate surface area is 93.1 Å². The highest BCUT2D eigenvalue weighted by Gasteiger charge is 2.29. The van der Waals surface area contributed by atoms with Crippen molar-refractivity contribution in [2.24, 2.45) is 5.73 Å². The van der Waals surface area contributed by atoms with Gasteiger partial charge in [-0.25, -0.2) is 0 Å². The van der Waals surface area contributed by atoms with Gasteiger partial charge in [0.2, 0.25) is 0 Å². The van der Waals surface area contributed by atoms with E-state index < -0.39 is 12.8 Å². The standard InChI is InChI=1S/C10H18F3NO2/c11-10(12,13)8-16-6-5-15-7-9(14)3-1-2-4-9/h1-8,14H2. The van der Waals surface area contributed by atoms with Gasteiger partial charge in [0.15, 0.2) is 0 Å². The highest BCUT2D eigenvalue weighted by molar-refractivity contribution is 4.88. The predicted octanol–water partition coefficient (Wildman–Crippen LogP) is 1.85. The molecule has 0 spiro atoms. The van der Waals surface area contributed by atoms with Gasteiger partial charge in [0.05, 0.1) is 19.8 Å². The first-order chi connectivity index (χ1) is 7.41. The lowest BCUT2D eigenvalue weighted by Crippen LogP contribution is -2.41. The van der Waals surface area contributed by atoms with Gasteiger partial charge in [-0.3, -0.25) is 0 Å². The number of hydrogen-bond acceptors (Lipinski definition) is 3. The van der Waals surface area contributed by atoms with E-state index in [0.29, 0.717) is 6.61 Å². The highest BCUT2D eigenvalue weighted by atomic mass is 19.4. The number of ether oxygens (including phenoxy) is 2. The van der Waals surface area contributed by atoms with E-state index in [9.17, 15) is 13.2 Å². The highest BCUT2D eigenvalue weighted by Crippen LogP contribution is 2.27. The summed E-state index contributed by atoms with van der Waals surface area (Å²) in [6, 6.07) is 0. The van der Waals surface area contributed by atoms with E-state index in [1.54, 1.807) is 0 Å². The molecule has 0 saturated heterocycles. The average molecular weight is 241 g/mol. The third-order valence-electron chi connectivity index (χ3n) is 2.63. The number of hydrogen-bond donors (Lipinski definition) is 1. The molecule has 0 heterocycles. The Hall–Kier alpha value is -0.330. The van der Waals surface area contributed by atoms with Gasteiger partial charge in [0.25, 0.3) is 0 Å². The molecule has 1 aliphatic rings. The third-order valence-corrected chi connectivity index (χ3v) is 2.63. The summed E-state index contributed by atoms with van der Waals surface area (Å²) < 4.78 is 44.7. The second-order valence-corrected chi connectivity index (χ2v) is 4.29. The SMILES string of the molecule is NC1(COCCOCC(F)(F)F)CCCC1. The van der Waals surface area contributed by atoms with Gasteiger partial charge in [-0.1, -0.05) is 12.8 Å². The minimum absolute atomic E-state index is 0.0460. The molecule has 1 rings (SSSR count). The zero-order valence-electron chi connectivity index (χ0n) is 9.18. The van der Waals surface area contributed by atoms with Crippen LogP contribution in [0.25, 0.3) is 0 Å². The quantitative estimate of drug-likeness (QED) is 0.722. The molecule has 0 aromatic rings. The van der Waals surface area contributed by atoms with Gasteiger partial charge in [0, 0.05) is 5.54 Å². The molecule has 2 N–H and O–H groups in total. The summed E-state index contributed by atoms with van der Waals surface area (Å²) in [7, 11) is 0. The molecule has 0 bridgehead atoms. The van der Waals surface area contributed by atoms with Crippen molar-refractivity contribution in [2.75, 3.05) is 26.4 Å². The zero-order valence-corrected chi connectivity index (χ0v) is 9.18. The summed E-state index contributed by atoms with van der Waals surface area (Å²) >= 11 is 0. The van der Waals surface area contributed by atoms with Crippen LogP contribution in [0.3, 0.4) is 0 Å². The molecule has 0 amide bonds. The first kappa shape index (κ1) is 13.7. The van der Waals surface area contributed by atoms with Crippen LogP contribution in [0.15, 0.2) is 0 Å². The molecule has 1 fully saturated rings. The number of alkyl halides is 3. The van der Waals surface area contributed by atoms with E-state index in [2.05, 4.69) is 4.74 Å². The number of rotatable bonds is 6. The first-order valence-electron chi connectivity index (χ1n) is 5.42. The Bertz CT molecular complexity index is 203. The Balaban J connectivity index is 1.96. The Morgan fingerprint density at radius 1 is 1.06 bits per heavy atom. The maximum atomic E-state index is 11.7. The second kappa shape index (κ2) is 5.84. The van der Waals surface area contributed by atoms with E-state index in [0.717, 1.165) is 25.7 Å². The molecule has 0 aromatic carbocycles. The fourth-order valence-corrected chi connectivity index (χ4v) is 1.80. The minimum atomic E-state index is -4.26. The van der Waals surface area contributed by atoms with Crippen molar-refractivity contribution in [3.8, 4) is 0 Å². The summed E-state index contributed by atoms with van der Waals surface area (Å²) in [5, 5.41) is 0. The molecule has 1 aliphatic carbocycles. The summed E-state index contributed by atoms with van der Waals surface area (Å²) in [6.07, 6.45) is -0.206. The van der Waals surface area contributed by atoms with Crippen LogP contribution in [0.2, 0.25) is 0 Å². The van der Waals surface area contributed by atoms with Crippen LogP contribution in [-0.4, -0.2) is 38.1 Å². The predicted molar refractivity (Wildman–Crippen MR) is 53.1 cm³/mol. The maximum absolute atomic E-state index is 11.7. The zero-order chi connectivity index (χ0) is 12.1. The minimum Gasteiger partial charge on any atom is -0.377 e. The summed E-state index contributed by atoms with van der Waals surface area (Å²) in [4.78, 5) is 0. The van der Waals surface area contributed by atoms with Crippen molar-refractivity contribution in [3.63, 3.8) is 0 Å². The van der Waals surface area contributed by atoms with Crippen LogP contribution in [0.4, 0.5) is 13.2 Å². The van der Waals surface area contributed by atoms with Gasteiger partial charge in [-0.15, -0.1) is 0 Å². The van der Waals surface area contributed by atoms with E-state index in [1.807, 2.05) is 0 Å². The molecule has 0 unspecified atom stereocenters. The van der Waals surface area contributed by atoms with E-state index >= 15 is 0 Å². The molecule has 96 valence electrons. The topological polar surface area (TPSA) is 44.5 Å². The summed E-state index contributed by atoms with van der Waals surface area (Å²) in [5.41, 5.74) is 5.72. The van der Waals surface area contributed by atoms with Crippen molar-refractivity contribution in [3.05, 3.63) is 0 Å². The Kier molecular flexibility index (Phi) is 5.01. The van der Waals surface area contributed by atoms with Crippen LogP contribution in [-0.2, 0) is 9.47 Å². The van der Waals surface area contributed by atoms with Gasteiger partial charge >= 0.3 is 6.18 Å². The molecule has 0 aliphatic heterocycles. The normalized spacial score (nSPS) is 20.2. The lowest BCUT2D eigenvalue weighted by molar-refractivity contribution is -0.176. The van der Waals surface area contributed by atoms with Crippen molar-refractivity contribution in [1.29, 1.82) is 0 Å². The molecular weight excluding hydrogens is 223 g/mol. The molecule has 0 radical (unpaired) electrons. The van der Waals surface area contributed by atoms with Gasteiger partial charge < -0.3 is 15.2 Å². The second-order valence-electron chi connectivity index (χ2n) is 4.29. The van der Waals surface area contributed by atoms with Crippen molar-refractivity contribution in [1.82, 2.24) is 0 Å². The monoisotopic (exact) mass is 241 g/mol. The molecule has 3 nitrogen and oxygen atoms in total. The van der Waals surface area contributed by atoms with Crippen LogP contribution in [0.5, 0.6) is 0 Å². The van der Waals surface area contributed by atoms with Crippen molar-refractivity contribution in [2.45, 2.75) is 37.4 Å². The van der Waals surface area contributed by atoms with Gasteiger partial charge in [-0.2, -0.15) is 13.2 Å².